The van der Waals surface area contributed by atoms with Crippen LogP contribution in [0.3, 0.4) is 0 Å². The van der Waals surface area contributed by atoms with Gasteiger partial charge in [-0.05, 0) is 33.1 Å². The van der Waals surface area contributed by atoms with E-state index in [0.717, 1.165) is 25.4 Å². The fourth-order valence-electron chi connectivity index (χ4n) is 3.43. The number of nitrogens with zero attached hydrogens (tertiary/aromatic N) is 2. The molecule has 1 aromatic heterocycles. The lowest BCUT2D eigenvalue weighted by atomic mass is 9.51. The average Bonchev–Trinajstić information content (AvgIpc) is 2.73. The highest BCUT2D eigenvalue weighted by Gasteiger charge is 2.59. The summed E-state index contributed by atoms with van der Waals surface area (Å²) < 4.78 is 7.83. The van der Waals surface area contributed by atoms with Gasteiger partial charge in [0.2, 0.25) is 0 Å². The SMILES string of the molecule is CCOC1CC(Nc2ccn(CC)n2)C12CCC2. The topological polar surface area (TPSA) is 39.1 Å². The second-order valence-electron chi connectivity index (χ2n) is 5.52. The normalized spacial score (nSPS) is 28.8. The first kappa shape index (κ1) is 12.0. The van der Waals surface area contributed by atoms with Gasteiger partial charge in [0.25, 0.3) is 0 Å². The lowest BCUT2D eigenvalue weighted by Crippen LogP contribution is -2.64. The molecule has 2 atom stereocenters. The molecule has 0 bridgehead atoms. The van der Waals surface area contributed by atoms with Gasteiger partial charge in [-0.25, -0.2) is 0 Å². The lowest BCUT2D eigenvalue weighted by molar-refractivity contribution is -0.157. The fraction of sp³-hybridized carbons (Fsp3) is 0.786. The molecule has 18 heavy (non-hydrogen) atoms. The van der Waals surface area contributed by atoms with Crippen LogP contribution in [0.15, 0.2) is 12.3 Å². The summed E-state index contributed by atoms with van der Waals surface area (Å²) >= 11 is 0. The molecular weight excluding hydrogens is 226 g/mol. The molecule has 1 spiro atoms. The maximum atomic E-state index is 5.86. The predicted octanol–water partition coefficient (Wildman–Crippen LogP) is 2.66. The van der Waals surface area contributed by atoms with E-state index in [2.05, 4.69) is 30.3 Å². The molecule has 1 N–H and O–H groups in total. The lowest BCUT2D eigenvalue weighted by Gasteiger charge is -2.61. The summed E-state index contributed by atoms with van der Waals surface area (Å²) in [5, 5.41) is 8.11. The van der Waals surface area contributed by atoms with Gasteiger partial charge in [0.05, 0.1) is 6.10 Å². The number of hydrogen-bond donors (Lipinski definition) is 1. The van der Waals surface area contributed by atoms with E-state index < -0.39 is 0 Å². The quantitative estimate of drug-likeness (QED) is 0.872. The highest BCUT2D eigenvalue weighted by Crippen LogP contribution is 2.58. The Bertz CT molecular complexity index is 411. The van der Waals surface area contributed by atoms with Crippen molar-refractivity contribution in [1.82, 2.24) is 9.78 Å². The third-order valence-electron chi connectivity index (χ3n) is 4.72. The van der Waals surface area contributed by atoms with Crippen LogP contribution in [-0.2, 0) is 11.3 Å². The first-order chi connectivity index (χ1) is 8.78. The van der Waals surface area contributed by atoms with Crippen molar-refractivity contribution in [3.63, 3.8) is 0 Å². The van der Waals surface area contributed by atoms with Gasteiger partial charge in [0, 0.05) is 36.9 Å². The second-order valence-corrected chi connectivity index (χ2v) is 5.52. The van der Waals surface area contributed by atoms with Gasteiger partial charge >= 0.3 is 0 Å². The Kier molecular flexibility index (Phi) is 3.06. The molecule has 2 aliphatic rings. The summed E-state index contributed by atoms with van der Waals surface area (Å²) in [5.41, 5.74) is 0.409. The van der Waals surface area contributed by atoms with Gasteiger partial charge < -0.3 is 10.1 Å². The molecule has 0 aliphatic heterocycles. The number of nitrogens with one attached hydrogen (secondary N) is 1. The van der Waals surface area contributed by atoms with Gasteiger partial charge in [-0.1, -0.05) is 6.42 Å². The molecule has 0 aromatic carbocycles. The number of aromatic nitrogens is 2. The molecule has 1 heterocycles. The van der Waals surface area contributed by atoms with E-state index in [0.29, 0.717) is 17.6 Å². The van der Waals surface area contributed by atoms with Crippen LogP contribution < -0.4 is 5.32 Å². The molecule has 3 rings (SSSR count). The molecule has 4 nitrogen and oxygen atoms in total. The molecule has 0 saturated heterocycles. The van der Waals surface area contributed by atoms with Crippen molar-refractivity contribution in [3.05, 3.63) is 12.3 Å². The number of anilines is 1. The third-order valence-corrected chi connectivity index (χ3v) is 4.72. The molecule has 2 saturated carbocycles. The van der Waals surface area contributed by atoms with Crippen LogP contribution in [0.5, 0.6) is 0 Å². The number of ether oxygens (including phenoxy) is 1. The summed E-state index contributed by atoms with van der Waals surface area (Å²) in [5.74, 6) is 1.02. The fourth-order valence-corrected chi connectivity index (χ4v) is 3.43. The van der Waals surface area contributed by atoms with E-state index in [9.17, 15) is 0 Å². The number of rotatable bonds is 5. The van der Waals surface area contributed by atoms with Gasteiger partial charge in [0.15, 0.2) is 0 Å². The van der Waals surface area contributed by atoms with Crippen molar-refractivity contribution in [2.45, 2.75) is 58.2 Å². The largest absolute Gasteiger partial charge is 0.378 e. The summed E-state index contributed by atoms with van der Waals surface area (Å²) in [6, 6.07) is 2.63. The first-order valence-electron chi connectivity index (χ1n) is 7.20. The van der Waals surface area contributed by atoms with Crippen molar-refractivity contribution >= 4 is 5.82 Å². The maximum absolute atomic E-state index is 5.86. The van der Waals surface area contributed by atoms with Crippen LogP contribution in [0.1, 0.15) is 39.5 Å². The minimum absolute atomic E-state index is 0.409. The van der Waals surface area contributed by atoms with Crippen LogP contribution in [0.4, 0.5) is 5.82 Å². The van der Waals surface area contributed by atoms with E-state index in [1.165, 1.54) is 19.3 Å². The molecule has 0 radical (unpaired) electrons. The molecule has 0 amide bonds. The Morgan fingerprint density at radius 3 is 2.89 bits per heavy atom. The number of aryl methyl sites for hydroxylation is 1. The smallest absolute Gasteiger partial charge is 0.148 e. The molecular formula is C14H23N3O. The minimum atomic E-state index is 0.409. The van der Waals surface area contributed by atoms with Gasteiger partial charge in [-0.2, -0.15) is 5.10 Å². The van der Waals surface area contributed by atoms with E-state index in [1.807, 2.05) is 10.9 Å². The summed E-state index contributed by atoms with van der Waals surface area (Å²) in [4.78, 5) is 0. The summed E-state index contributed by atoms with van der Waals surface area (Å²) in [6.45, 7) is 5.97. The Morgan fingerprint density at radius 1 is 1.50 bits per heavy atom. The van der Waals surface area contributed by atoms with Crippen LogP contribution in [0, 0.1) is 5.41 Å². The molecule has 100 valence electrons. The summed E-state index contributed by atoms with van der Waals surface area (Å²) in [6.07, 6.45) is 7.61. The minimum Gasteiger partial charge on any atom is -0.378 e. The monoisotopic (exact) mass is 249 g/mol. The van der Waals surface area contributed by atoms with Gasteiger partial charge in [-0.15, -0.1) is 0 Å². The van der Waals surface area contributed by atoms with Crippen molar-refractivity contribution in [3.8, 4) is 0 Å². The van der Waals surface area contributed by atoms with E-state index in [1.54, 1.807) is 0 Å². The molecule has 1 aromatic rings. The highest BCUT2D eigenvalue weighted by atomic mass is 16.5. The number of hydrogen-bond acceptors (Lipinski definition) is 3. The van der Waals surface area contributed by atoms with Gasteiger partial charge in [-0.3, -0.25) is 4.68 Å². The van der Waals surface area contributed by atoms with Gasteiger partial charge in [0.1, 0.15) is 5.82 Å². The van der Waals surface area contributed by atoms with Crippen molar-refractivity contribution in [2.75, 3.05) is 11.9 Å². The van der Waals surface area contributed by atoms with E-state index in [-0.39, 0.29) is 0 Å². The third kappa shape index (κ3) is 1.74. The highest BCUT2D eigenvalue weighted by molar-refractivity contribution is 5.37. The molecule has 2 unspecified atom stereocenters. The van der Waals surface area contributed by atoms with E-state index in [4.69, 9.17) is 4.74 Å². The zero-order valence-corrected chi connectivity index (χ0v) is 11.4. The zero-order valence-electron chi connectivity index (χ0n) is 11.4. The van der Waals surface area contributed by atoms with Crippen molar-refractivity contribution in [1.29, 1.82) is 0 Å². The Hall–Kier alpha value is -1.03. The average molecular weight is 249 g/mol. The Balaban J connectivity index is 1.64. The van der Waals surface area contributed by atoms with E-state index >= 15 is 0 Å². The Morgan fingerprint density at radius 2 is 2.33 bits per heavy atom. The Labute approximate surface area is 109 Å². The molecule has 4 heteroatoms. The maximum Gasteiger partial charge on any atom is 0.148 e. The molecule has 2 aliphatic carbocycles. The molecule has 2 fully saturated rings. The van der Waals surface area contributed by atoms with Crippen LogP contribution in [0.2, 0.25) is 0 Å². The van der Waals surface area contributed by atoms with Crippen LogP contribution in [-0.4, -0.2) is 28.5 Å². The second kappa shape index (κ2) is 4.57. The summed E-state index contributed by atoms with van der Waals surface area (Å²) in [7, 11) is 0. The first-order valence-corrected chi connectivity index (χ1v) is 7.20. The predicted molar refractivity (Wildman–Crippen MR) is 71.6 cm³/mol. The van der Waals surface area contributed by atoms with Crippen molar-refractivity contribution in [2.24, 2.45) is 5.41 Å². The van der Waals surface area contributed by atoms with Crippen LogP contribution >= 0.6 is 0 Å². The van der Waals surface area contributed by atoms with Crippen molar-refractivity contribution < 1.29 is 4.74 Å². The standard InChI is InChI=1S/C14H23N3O/c1-3-17-9-6-13(16-17)15-11-10-12(18-4-2)14(11)7-5-8-14/h6,9,11-12H,3-5,7-8,10H2,1-2H3,(H,15,16). The van der Waals surface area contributed by atoms with Crippen LogP contribution in [0.25, 0.3) is 0 Å². The zero-order chi connectivity index (χ0) is 12.6.